The van der Waals surface area contributed by atoms with Crippen molar-refractivity contribution in [1.29, 1.82) is 0 Å². The molecule has 2 saturated carbocycles. The molecule has 4 aliphatic rings. The van der Waals surface area contributed by atoms with Crippen LogP contribution in [0, 0.1) is 11.6 Å². The molecule has 21 heteroatoms. The molecule has 2 aliphatic carbocycles. The molecule has 2 aromatic heterocycles. The van der Waals surface area contributed by atoms with Crippen LogP contribution in [-0.4, -0.2) is 132 Å². The molecule has 368 valence electrons. The van der Waals surface area contributed by atoms with Crippen molar-refractivity contribution in [3.8, 4) is 0 Å². The summed E-state index contributed by atoms with van der Waals surface area (Å²) in [7, 11) is 0. The largest absolute Gasteiger partial charge is 0.388 e. The highest BCUT2D eigenvalue weighted by Gasteiger charge is 2.46. The third-order valence-electron chi connectivity index (χ3n) is 13.0. The number of unbranched alkanes of at least 4 members (excludes halogenated alkanes) is 6. The minimum absolute atomic E-state index is 0.0339. The molecule has 4 fully saturated rings. The molecule has 4 heterocycles. The molecular formula is C46H66F2N10O7S2. The molecule has 0 spiro atoms. The fraction of sp³-hybridized carbons (Fsp3) is 0.696. The quantitative estimate of drug-likeness (QED) is 0.0199. The Morgan fingerprint density at radius 3 is 2.39 bits per heavy atom. The Balaban J connectivity index is 0.715. The number of urea groups is 1. The zero-order valence-electron chi connectivity index (χ0n) is 38.2. The van der Waals surface area contributed by atoms with Crippen molar-refractivity contribution in [3.05, 3.63) is 35.4 Å². The molecule has 2 saturated heterocycles. The van der Waals surface area contributed by atoms with Gasteiger partial charge in [-0.1, -0.05) is 55.6 Å². The molecule has 0 radical (unpaired) electrons. The number of hydrogen-bond acceptors (Lipinski definition) is 14. The standard InChI is InChI=1S/C46H66F2N10O7S2/c1-2-22-66-46-54-43(51-32-24-29(32)27-17-18-30(47)31(48)23-27)40-44(55-46)58(57-56-40)34-25-35(42(63)41(34)62)65-21-20-50-38(61)15-8-4-3-6-12-28(59)13-7-5-11-19-49-37(60)16-10-9-14-36-39-33(26-67-36)52-45(64)53-39/h17-18,23,29,32-36,39,41-42,62-63H,2-16,19-22,24-26H2,1H3,(H,49,60)(H,50,61)(H,51,54,55)(H2,52,53,64)/t29-,32+,33-,34+,35-,36-,39-,41-,42+/m0/s1. The maximum atomic E-state index is 13.9. The summed E-state index contributed by atoms with van der Waals surface area (Å²) in [4.78, 5) is 58.0. The summed E-state index contributed by atoms with van der Waals surface area (Å²) in [6, 6.07) is 3.51. The Hall–Kier alpha value is -4.18. The number of amides is 4. The Bertz CT molecular complexity index is 2160. The van der Waals surface area contributed by atoms with Crippen LogP contribution in [0.1, 0.15) is 134 Å². The molecular weight excluding hydrogens is 907 g/mol. The van der Waals surface area contributed by atoms with Crippen molar-refractivity contribution >= 4 is 64.1 Å². The molecule has 0 unspecified atom stereocenters. The van der Waals surface area contributed by atoms with E-state index in [-0.39, 0.29) is 67.2 Å². The second kappa shape index (κ2) is 24.9. The molecule has 0 bridgehead atoms. The summed E-state index contributed by atoms with van der Waals surface area (Å²) in [5, 5.41) is 46.9. The van der Waals surface area contributed by atoms with Gasteiger partial charge in [0.25, 0.3) is 0 Å². The number of ether oxygens (including phenoxy) is 1. The van der Waals surface area contributed by atoms with Gasteiger partial charge in [-0.25, -0.2) is 28.2 Å². The number of benzene rings is 1. The predicted molar refractivity (Wildman–Crippen MR) is 252 cm³/mol. The highest BCUT2D eigenvalue weighted by molar-refractivity contribution is 8.00. The van der Waals surface area contributed by atoms with Crippen LogP contribution >= 0.6 is 23.5 Å². The van der Waals surface area contributed by atoms with Gasteiger partial charge < -0.3 is 41.5 Å². The highest BCUT2D eigenvalue weighted by Crippen LogP contribution is 2.44. The summed E-state index contributed by atoms with van der Waals surface area (Å²) in [5.74, 6) is 0.568. The van der Waals surface area contributed by atoms with E-state index in [1.54, 1.807) is 6.07 Å². The van der Waals surface area contributed by atoms with Crippen LogP contribution in [-0.2, 0) is 19.1 Å². The lowest BCUT2D eigenvalue weighted by molar-refractivity contribution is -0.122. The van der Waals surface area contributed by atoms with Gasteiger partial charge in [0.05, 0.1) is 30.8 Å². The highest BCUT2D eigenvalue weighted by atomic mass is 32.2. The number of aliphatic hydroxyl groups is 2. The summed E-state index contributed by atoms with van der Waals surface area (Å²) < 4.78 is 34.9. The zero-order valence-corrected chi connectivity index (χ0v) is 39.9. The van der Waals surface area contributed by atoms with E-state index < -0.39 is 36.0 Å². The third-order valence-corrected chi connectivity index (χ3v) is 15.6. The van der Waals surface area contributed by atoms with Gasteiger partial charge in [0.1, 0.15) is 18.0 Å². The van der Waals surface area contributed by atoms with Crippen LogP contribution in [0.15, 0.2) is 23.4 Å². The fourth-order valence-corrected chi connectivity index (χ4v) is 11.4. The molecule has 4 amide bonds. The van der Waals surface area contributed by atoms with Crippen LogP contribution in [0.2, 0.25) is 0 Å². The van der Waals surface area contributed by atoms with E-state index in [4.69, 9.17) is 14.7 Å². The average Bonchev–Trinajstić information content (AvgIpc) is 3.51. The normalized spacial score (nSPS) is 25.2. The van der Waals surface area contributed by atoms with E-state index in [0.29, 0.717) is 78.0 Å². The number of Topliss-reactive ketones (excluding diaryl/α,β-unsaturated/α-hetero) is 1. The Morgan fingerprint density at radius 1 is 0.896 bits per heavy atom. The summed E-state index contributed by atoms with van der Waals surface area (Å²) in [5.41, 5.74) is 1.46. The number of halogens is 2. The van der Waals surface area contributed by atoms with Gasteiger partial charge in [-0.2, -0.15) is 11.8 Å². The average molecular weight is 973 g/mol. The number of carbonyl (C=O) groups excluding carboxylic acids is 4. The third kappa shape index (κ3) is 14.2. The van der Waals surface area contributed by atoms with Crippen LogP contribution in [0.3, 0.4) is 0 Å². The van der Waals surface area contributed by atoms with Gasteiger partial charge in [0, 0.05) is 73.9 Å². The topological polar surface area (TPSA) is 235 Å². The second-order valence-electron chi connectivity index (χ2n) is 18.2. The van der Waals surface area contributed by atoms with Crippen LogP contribution in [0.25, 0.3) is 11.2 Å². The van der Waals surface area contributed by atoms with Gasteiger partial charge >= 0.3 is 6.03 Å². The Morgan fingerprint density at radius 2 is 1.63 bits per heavy atom. The lowest BCUT2D eigenvalue weighted by Gasteiger charge is -2.17. The first-order valence-electron chi connectivity index (χ1n) is 24.2. The van der Waals surface area contributed by atoms with Crippen molar-refractivity contribution in [2.24, 2.45) is 0 Å². The maximum Gasteiger partial charge on any atom is 0.315 e. The molecule has 1 aromatic carbocycles. The van der Waals surface area contributed by atoms with Gasteiger partial charge in [0.2, 0.25) is 11.8 Å². The zero-order chi connectivity index (χ0) is 47.3. The minimum Gasteiger partial charge on any atom is -0.388 e. The summed E-state index contributed by atoms with van der Waals surface area (Å²) in [6.45, 7) is 3.05. The number of carbonyl (C=O) groups is 4. The molecule has 2 aliphatic heterocycles. The van der Waals surface area contributed by atoms with Gasteiger partial charge in [-0.3, -0.25) is 14.4 Å². The van der Waals surface area contributed by atoms with Gasteiger partial charge in [-0.05, 0) is 69.1 Å². The maximum absolute atomic E-state index is 13.9. The van der Waals surface area contributed by atoms with Gasteiger partial charge in [0.15, 0.2) is 33.8 Å². The number of ketones is 1. The number of fused-ring (bicyclic) bond motifs is 2. The number of hydrogen-bond donors (Lipinski definition) is 7. The first-order valence-corrected chi connectivity index (χ1v) is 26.2. The van der Waals surface area contributed by atoms with Gasteiger partial charge in [-0.15, -0.1) is 5.10 Å². The molecule has 17 nitrogen and oxygen atoms in total. The number of thioether (sulfide) groups is 2. The fourth-order valence-electron chi connectivity index (χ4n) is 9.20. The van der Waals surface area contributed by atoms with E-state index >= 15 is 0 Å². The molecule has 7 N–H and O–H groups in total. The number of nitrogens with one attached hydrogen (secondary N) is 5. The summed E-state index contributed by atoms with van der Waals surface area (Å²) >= 11 is 3.36. The Labute approximate surface area is 398 Å². The smallest absolute Gasteiger partial charge is 0.315 e. The van der Waals surface area contributed by atoms with Crippen LogP contribution in [0.5, 0.6) is 0 Å². The number of anilines is 1. The lowest BCUT2D eigenvalue weighted by atomic mass is 10.0. The molecule has 67 heavy (non-hydrogen) atoms. The van der Waals surface area contributed by atoms with E-state index in [9.17, 15) is 38.2 Å². The van der Waals surface area contributed by atoms with Crippen molar-refractivity contribution in [1.82, 2.24) is 46.2 Å². The van der Waals surface area contributed by atoms with Crippen molar-refractivity contribution in [3.63, 3.8) is 0 Å². The van der Waals surface area contributed by atoms with Crippen LogP contribution in [0.4, 0.5) is 19.4 Å². The first kappa shape index (κ1) is 50.7. The van der Waals surface area contributed by atoms with E-state index in [1.165, 1.54) is 22.5 Å². The SMILES string of the molecule is CCCSc1nc(N[C@@H]2C[C@H]2c2ccc(F)c(F)c2)c2nnn([C@@H]3C[C@H](OCCNC(=O)CCCCCCC(=O)CCCCCNC(=O)CCCC[C@@H]4SC[C@@H]5NC(=O)N[C@@H]54)[C@@H](O)[C@H]3O)c2n1. The second-order valence-corrected chi connectivity index (χ2v) is 20.5. The molecule has 9 atom stereocenters. The summed E-state index contributed by atoms with van der Waals surface area (Å²) in [6.07, 6.45) is 9.20. The van der Waals surface area contributed by atoms with E-state index in [1.807, 2.05) is 18.7 Å². The lowest BCUT2D eigenvalue weighted by Crippen LogP contribution is -2.36. The van der Waals surface area contributed by atoms with Crippen molar-refractivity contribution in [2.45, 2.75) is 175 Å². The number of rotatable bonds is 29. The monoisotopic (exact) mass is 972 g/mol. The van der Waals surface area contributed by atoms with Crippen molar-refractivity contribution < 1.29 is 42.9 Å². The number of nitrogens with zero attached hydrogens (tertiary/aromatic N) is 5. The van der Waals surface area contributed by atoms with E-state index in [0.717, 1.165) is 81.8 Å². The first-order chi connectivity index (χ1) is 32.5. The molecule has 3 aromatic rings. The van der Waals surface area contributed by atoms with Crippen LogP contribution < -0.4 is 26.6 Å². The van der Waals surface area contributed by atoms with Crippen molar-refractivity contribution in [2.75, 3.05) is 36.5 Å². The predicted octanol–water partition coefficient (Wildman–Crippen LogP) is 5.45. The molecule has 7 rings (SSSR count). The number of aliphatic hydroxyl groups excluding tert-OH is 2. The van der Waals surface area contributed by atoms with E-state index in [2.05, 4.69) is 36.9 Å². The Kier molecular flexibility index (Phi) is 18.8. The number of aromatic nitrogens is 5. The minimum atomic E-state index is -1.22.